The fourth-order valence-electron chi connectivity index (χ4n) is 1.55. The van der Waals surface area contributed by atoms with Gasteiger partial charge in [-0.2, -0.15) is 0 Å². The lowest BCUT2D eigenvalue weighted by molar-refractivity contribution is 0.378. The molecule has 0 spiro atoms. The Kier molecular flexibility index (Phi) is 4.96. The van der Waals surface area contributed by atoms with E-state index in [2.05, 4.69) is 4.72 Å². The fourth-order valence-corrected chi connectivity index (χ4v) is 3.96. The summed E-state index contributed by atoms with van der Waals surface area (Å²) in [5.74, 6) is 0. The molecule has 0 bridgehead atoms. The van der Waals surface area contributed by atoms with Crippen molar-refractivity contribution in [2.45, 2.75) is 37.0 Å². The number of hydrogen-bond donors (Lipinski definition) is 2. The van der Waals surface area contributed by atoms with Crippen LogP contribution in [0.2, 0.25) is 0 Å². The van der Waals surface area contributed by atoms with Crippen molar-refractivity contribution in [2.75, 3.05) is 6.54 Å². The second-order valence-corrected chi connectivity index (χ2v) is 8.97. The second-order valence-electron chi connectivity index (χ2n) is 5.70. The molecule has 0 atom stereocenters. The molecule has 1 rings (SSSR count). The Morgan fingerprint density at radius 3 is 2.00 bits per heavy atom. The first-order valence-electron chi connectivity index (χ1n) is 6.05. The molecule has 1 aromatic rings. The highest BCUT2D eigenvalue weighted by Crippen LogP contribution is 2.21. The van der Waals surface area contributed by atoms with E-state index < -0.39 is 24.9 Å². The molecule has 0 amide bonds. The number of rotatable bonds is 5. The van der Waals surface area contributed by atoms with Gasteiger partial charge in [-0.05, 0) is 24.0 Å². The minimum Gasteiger partial charge on any atom is -0.225 e. The van der Waals surface area contributed by atoms with Crippen molar-refractivity contribution in [1.29, 1.82) is 0 Å². The lowest BCUT2D eigenvalue weighted by Crippen LogP contribution is -2.29. The monoisotopic (exact) mass is 320 g/mol. The molecule has 1 aromatic carbocycles. The van der Waals surface area contributed by atoms with Gasteiger partial charge in [-0.25, -0.2) is 26.7 Å². The molecule has 0 aliphatic heterocycles. The van der Waals surface area contributed by atoms with Gasteiger partial charge in [0, 0.05) is 6.54 Å². The first kappa shape index (κ1) is 17.1. The summed E-state index contributed by atoms with van der Waals surface area (Å²) in [7, 11) is -7.99. The molecule has 8 heteroatoms. The normalized spacial score (nSPS) is 13.4. The van der Waals surface area contributed by atoms with Crippen molar-refractivity contribution in [3.63, 3.8) is 0 Å². The van der Waals surface area contributed by atoms with E-state index in [-0.39, 0.29) is 16.9 Å². The van der Waals surface area contributed by atoms with Crippen LogP contribution in [0.25, 0.3) is 0 Å². The van der Waals surface area contributed by atoms with Crippen LogP contribution in [0.3, 0.4) is 0 Å². The first-order chi connectivity index (χ1) is 8.93. The number of benzene rings is 1. The predicted molar refractivity (Wildman–Crippen MR) is 77.1 cm³/mol. The summed E-state index contributed by atoms with van der Waals surface area (Å²) in [6, 6.07) is 5.27. The minimum atomic E-state index is -4.09. The number of primary sulfonamides is 1. The van der Waals surface area contributed by atoms with Gasteiger partial charge in [0.05, 0.1) is 0 Å². The molecule has 0 saturated carbocycles. The van der Waals surface area contributed by atoms with Crippen LogP contribution in [0.4, 0.5) is 0 Å². The zero-order chi connectivity index (χ0) is 15.6. The molecule has 0 aliphatic rings. The van der Waals surface area contributed by atoms with Crippen LogP contribution >= 0.6 is 0 Å². The topological polar surface area (TPSA) is 106 Å². The van der Waals surface area contributed by atoms with Crippen LogP contribution in [0.5, 0.6) is 0 Å². The molecular weight excluding hydrogens is 300 g/mol. The molecule has 0 aliphatic carbocycles. The first-order valence-corrected chi connectivity index (χ1v) is 9.08. The van der Waals surface area contributed by atoms with Gasteiger partial charge in [-0.3, -0.25) is 0 Å². The number of nitrogens with one attached hydrogen (secondary N) is 1. The molecule has 6 nitrogen and oxygen atoms in total. The third kappa shape index (κ3) is 4.86. The van der Waals surface area contributed by atoms with Crippen LogP contribution in [0.15, 0.2) is 34.1 Å². The Bertz CT molecular complexity index is 674. The zero-order valence-electron chi connectivity index (χ0n) is 11.8. The zero-order valence-corrected chi connectivity index (χ0v) is 13.4. The van der Waals surface area contributed by atoms with Crippen molar-refractivity contribution in [2.24, 2.45) is 10.6 Å². The van der Waals surface area contributed by atoms with Gasteiger partial charge in [0.15, 0.2) is 0 Å². The smallest absolute Gasteiger partial charge is 0.225 e. The highest BCUT2D eigenvalue weighted by molar-refractivity contribution is 7.92. The maximum absolute atomic E-state index is 12.2. The summed E-state index contributed by atoms with van der Waals surface area (Å²) in [4.78, 5) is -0.723. The van der Waals surface area contributed by atoms with E-state index >= 15 is 0 Å². The van der Waals surface area contributed by atoms with Crippen LogP contribution in [-0.2, 0) is 20.0 Å². The SMILES string of the molecule is CC(C)(C)CCNS(=O)(=O)c1ccccc1S(N)(=O)=O. The summed E-state index contributed by atoms with van der Waals surface area (Å²) >= 11 is 0. The maximum atomic E-state index is 12.2. The van der Waals surface area contributed by atoms with Crippen LogP contribution < -0.4 is 9.86 Å². The van der Waals surface area contributed by atoms with E-state index in [0.29, 0.717) is 6.42 Å². The maximum Gasteiger partial charge on any atom is 0.241 e. The van der Waals surface area contributed by atoms with E-state index in [0.717, 1.165) is 0 Å². The van der Waals surface area contributed by atoms with E-state index in [1.807, 2.05) is 20.8 Å². The van der Waals surface area contributed by atoms with Gasteiger partial charge in [-0.15, -0.1) is 0 Å². The van der Waals surface area contributed by atoms with Crippen LogP contribution in [0.1, 0.15) is 27.2 Å². The highest BCUT2D eigenvalue weighted by Gasteiger charge is 2.24. The van der Waals surface area contributed by atoms with E-state index in [9.17, 15) is 16.8 Å². The summed E-state index contributed by atoms with van der Waals surface area (Å²) < 4.78 is 49.5. The Morgan fingerprint density at radius 2 is 1.55 bits per heavy atom. The average Bonchev–Trinajstić information content (AvgIpc) is 2.25. The molecule has 0 fully saturated rings. The summed E-state index contributed by atoms with van der Waals surface area (Å²) in [5, 5.41) is 5.03. The fraction of sp³-hybridized carbons (Fsp3) is 0.500. The van der Waals surface area contributed by atoms with Crippen molar-refractivity contribution in [3.05, 3.63) is 24.3 Å². The summed E-state index contributed by atoms with van der Waals surface area (Å²) in [6.45, 7) is 6.18. The van der Waals surface area contributed by atoms with Gasteiger partial charge in [0.25, 0.3) is 0 Å². The van der Waals surface area contributed by atoms with Gasteiger partial charge >= 0.3 is 0 Å². The minimum absolute atomic E-state index is 0.0258. The molecule has 0 saturated heterocycles. The average molecular weight is 320 g/mol. The Labute approximate surface area is 120 Å². The van der Waals surface area contributed by atoms with Crippen molar-refractivity contribution in [3.8, 4) is 0 Å². The third-order valence-corrected chi connectivity index (χ3v) is 5.23. The van der Waals surface area contributed by atoms with E-state index in [4.69, 9.17) is 5.14 Å². The van der Waals surface area contributed by atoms with Gasteiger partial charge in [0.2, 0.25) is 20.0 Å². The summed E-state index contributed by atoms with van der Waals surface area (Å²) in [6.07, 6.45) is 0.629. The lowest BCUT2D eigenvalue weighted by atomic mass is 9.93. The molecular formula is C12H20N2O4S2. The van der Waals surface area contributed by atoms with E-state index in [1.54, 1.807) is 0 Å². The van der Waals surface area contributed by atoms with Crippen molar-refractivity contribution in [1.82, 2.24) is 4.72 Å². The van der Waals surface area contributed by atoms with Gasteiger partial charge < -0.3 is 0 Å². The molecule has 114 valence electrons. The molecule has 0 unspecified atom stereocenters. The lowest BCUT2D eigenvalue weighted by Gasteiger charge is -2.18. The quantitative estimate of drug-likeness (QED) is 0.845. The second kappa shape index (κ2) is 5.80. The largest absolute Gasteiger partial charge is 0.241 e. The Morgan fingerprint density at radius 1 is 1.05 bits per heavy atom. The standard InChI is InChI=1S/C12H20N2O4S2/c1-12(2,3)8-9-14-20(17,18)11-7-5-4-6-10(11)19(13,15)16/h4-7,14H,8-9H2,1-3H3,(H2,13,15,16). The van der Waals surface area contributed by atoms with Gasteiger partial charge in [-0.1, -0.05) is 32.9 Å². The predicted octanol–water partition coefficient (Wildman–Crippen LogP) is 1.05. The molecule has 0 aromatic heterocycles. The van der Waals surface area contributed by atoms with Crippen LogP contribution in [0, 0.1) is 5.41 Å². The molecule has 3 N–H and O–H groups in total. The van der Waals surface area contributed by atoms with Gasteiger partial charge in [0.1, 0.15) is 9.79 Å². The Hall–Kier alpha value is -0.960. The molecule has 0 heterocycles. The number of hydrogen-bond acceptors (Lipinski definition) is 4. The third-order valence-electron chi connectivity index (χ3n) is 2.61. The van der Waals surface area contributed by atoms with Crippen LogP contribution in [-0.4, -0.2) is 23.4 Å². The molecule has 0 radical (unpaired) electrons. The summed E-state index contributed by atoms with van der Waals surface area (Å²) in [5.41, 5.74) is -0.0258. The Balaban J connectivity index is 3.06. The van der Waals surface area contributed by atoms with E-state index in [1.165, 1.54) is 24.3 Å². The van der Waals surface area contributed by atoms with Crippen molar-refractivity contribution < 1.29 is 16.8 Å². The number of nitrogens with two attached hydrogens (primary N) is 1. The number of sulfonamides is 2. The highest BCUT2D eigenvalue weighted by atomic mass is 32.2. The molecule has 20 heavy (non-hydrogen) atoms. The van der Waals surface area contributed by atoms with Crippen molar-refractivity contribution >= 4 is 20.0 Å².